The van der Waals surface area contributed by atoms with Gasteiger partial charge in [0.05, 0.1) is 0 Å². The number of amides is 1. The quantitative estimate of drug-likeness (QED) is 0.808. The molecule has 0 aliphatic carbocycles. The summed E-state index contributed by atoms with van der Waals surface area (Å²) in [6.45, 7) is 0.0945. The Bertz CT molecular complexity index is 658. The number of alkyl carbamates (subject to hydrolysis) is 1. The van der Waals surface area contributed by atoms with Crippen LogP contribution in [-0.4, -0.2) is 23.2 Å². The lowest BCUT2D eigenvalue weighted by molar-refractivity contribution is -0.139. The minimum Gasteiger partial charge on any atom is -0.480 e. The van der Waals surface area contributed by atoms with Crippen LogP contribution in [0.1, 0.15) is 11.1 Å². The van der Waals surface area contributed by atoms with E-state index in [9.17, 15) is 14.7 Å². The maximum absolute atomic E-state index is 11.8. The molecule has 0 aliphatic heterocycles. The number of benzene rings is 2. The second-order valence-electron chi connectivity index (χ2n) is 4.93. The van der Waals surface area contributed by atoms with Crippen LogP contribution < -0.4 is 5.32 Å². The van der Waals surface area contributed by atoms with E-state index in [-0.39, 0.29) is 13.0 Å². The van der Waals surface area contributed by atoms with Gasteiger partial charge in [-0.2, -0.15) is 0 Å². The Hall–Kier alpha value is -2.34. The van der Waals surface area contributed by atoms with Crippen molar-refractivity contribution in [1.29, 1.82) is 0 Å². The van der Waals surface area contributed by atoms with Crippen molar-refractivity contribution in [3.8, 4) is 0 Å². The van der Waals surface area contributed by atoms with Crippen LogP contribution in [0.25, 0.3) is 0 Å². The highest BCUT2D eigenvalue weighted by Crippen LogP contribution is 2.12. The molecular formula is C17H16BrNO4. The molecule has 2 N–H and O–H groups in total. The molecule has 1 amide bonds. The fraction of sp³-hybridized carbons (Fsp3) is 0.176. The second kappa shape index (κ2) is 8.33. The van der Waals surface area contributed by atoms with Gasteiger partial charge < -0.3 is 15.2 Å². The van der Waals surface area contributed by atoms with Crippen molar-refractivity contribution in [3.63, 3.8) is 0 Å². The molecule has 5 nitrogen and oxygen atoms in total. The predicted molar refractivity (Wildman–Crippen MR) is 89.0 cm³/mol. The number of nitrogens with one attached hydrogen (secondary N) is 1. The van der Waals surface area contributed by atoms with Crippen molar-refractivity contribution in [2.45, 2.75) is 19.1 Å². The summed E-state index contributed by atoms with van der Waals surface area (Å²) >= 11 is 3.32. The van der Waals surface area contributed by atoms with Gasteiger partial charge in [-0.1, -0.05) is 58.4 Å². The highest BCUT2D eigenvalue weighted by Gasteiger charge is 2.21. The summed E-state index contributed by atoms with van der Waals surface area (Å²) in [5.74, 6) is -1.11. The first-order valence-electron chi connectivity index (χ1n) is 6.99. The minimum atomic E-state index is -1.11. The number of carbonyl (C=O) groups excluding carboxylic acids is 1. The SMILES string of the molecule is O=C(N[C@@H](Cc1ccc(Br)cc1)C(=O)O)OCc1ccccc1. The van der Waals surface area contributed by atoms with Crippen LogP contribution in [0, 0.1) is 0 Å². The van der Waals surface area contributed by atoms with Gasteiger partial charge in [-0.3, -0.25) is 0 Å². The first kappa shape index (κ1) is 17.0. The van der Waals surface area contributed by atoms with Gasteiger partial charge in [-0.05, 0) is 23.3 Å². The lowest BCUT2D eigenvalue weighted by Gasteiger charge is -2.15. The monoisotopic (exact) mass is 377 g/mol. The van der Waals surface area contributed by atoms with Crippen molar-refractivity contribution >= 4 is 28.0 Å². The maximum atomic E-state index is 11.8. The smallest absolute Gasteiger partial charge is 0.408 e. The zero-order valence-corrected chi connectivity index (χ0v) is 13.8. The molecule has 2 aromatic carbocycles. The van der Waals surface area contributed by atoms with Crippen LogP contribution in [0.4, 0.5) is 4.79 Å². The number of rotatable bonds is 6. The normalized spacial score (nSPS) is 11.5. The standard InChI is InChI=1S/C17H16BrNO4/c18-14-8-6-12(7-9-14)10-15(16(20)21)19-17(22)23-11-13-4-2-1-3-5-13/h1-9,15H,10-11H2,(H,19,22)(H,20,21)/t15-/m0/s1. The van der Waals surface area contributed by atoms with Gasteiger partial charge in [0.25, 0.3) is 0 Å². The van der Waals surface area contributed by atoms with Crippen molar-refractivity contribution in [2.24, 2.45) is 0 Å². The summed E-state index contributed by atoms with van der Waals surface area (Å²) in [6.07, 6.45) is -0.568. The largest absolute Gasteiger partial charge is 0.480 e. The average Bonchev–Trinajstić information content (AvgIpc) is 2.55. The van der Waals surface area contributed by atoms with Crippen molar-refractivity contribution in [3.05, 3.63) is 70.2 Å². The summed E-state index contributed by atoms with van der Waals surface area (Å²) in [4.78, 5) is 23.1. The zero-order chi connectivity index (χ0) is 16.7. The molecule has 0 fully saturated rings. The second-order valence-corrected chi connectivity index (χ2v) is 5.84. The Morgan fingerprint density at radius 2 is 1.70 bits per heavy atom. The Balaban J connectivity index is 1.89. The number of ether oxygens (including phenoxy) is 1. The van der Waals surface area contributed by atoms with Gasteiger partial charge in [0.15, 0.2) is 0 Å². The van der Waals surface area contributed by atoms with E-state index in [0.717, 1.165) is 15.6 Å². The van der Waals surface area contributed by atoms with Crippen molar-refractivity contribution < 1.29 is 19.4 Å². The zero-order valence-electron chi connectivity index (χ0n) is 12.2. The van der Waals surface area contributed by atoms with E-state index in [1.807, 2.05) is 42.5 Å². The first-order chi connectivity index (χ1) is 11.0. The van der Waals surface area contributed by atoms with E-state index in [1.165, 1.54) is 0 Å². The molecule has 1 atom stereocenters. The number of carbonyl (C=O) groups is 2. The summed E-state index contributed by atoms with van der Waals surface area (Å²) in [6, 6.07) is 15.4. The fourth-order valence-corrected chi connectivity index (χ4v) is 2.23. The van der Waals surface area contributed by atoms with Gasteiger partial charge in [0, 0.05) is 10.9 Å². The molecular weight excluding hydrogens is 362 g/mol. The number of carboxylic acids is 1. The molecule has 0 unspecified atom stereocenters. The van der Waals surface area contributed by atoms with E-state index in [0.29, 0.717) is 0 Å². The van der Waals surface area contributed by atoms with Crippen molar-refractivity contribution in [1.82, 2.24) is 5.32 Å². The molecule has 120 valence electrons. The number of carboxylic acid groups (broad SMARTS) is 1. The molecule has 0 spiro atoms. The summed E-state index contributed by atoms with van der Waals surface area (Å²) < 4.78 is 5.95. The number of aliphatic carboxylic acids is 1. The molecule has 6 heteroatoms. The Labute approximate surface area is 142 Å². The molecule has 0 bridgehead atoms. The minimum absolute atomic E-state index is 0.0945. The molecule has 2 rings (SSSR count). The number of halogens is 1. The topological polar surface area (TPSA) is 75.6 Å². The van der Waals surface area contributed by atoms with E-state index < -0.39 is 18.1 Å². The van der Waals surface area contributed by atoms with Gasteiger partial charge in [-0.25, -0.2) is 9.59 Å². The average molecular weight is 378 g/mol. The molecule has 0 heterocycles. The summed E-state index contributed by atoms with van der Waals surface area (Å²) in [5, 5.41) is 11.6. The van der Waals surface area contributed by atoms with E-state index in [4.69, 9.17) is 4.74 Å². The molecule has 0 aromatic heterocycles. The molecule has 0 radical (unpaired) electrons. The third kappa shape index (κ3) is 5.75. The van der Waals surface area contributed by atoms with Crippen molar-refractivity contribution in [2.75, 3.05) is 0 Å². The molecule has 23 heavy (non-hydrogen) atoms. The Morgan fingerprint density at radius 1 is 1.04 bits per heavy atom. The van der Waals surface area contributed by atoms with E-state index >= 15 is 0 Å². The van der Waals surface area contributed by atoms with Crippen LogP contribution >= 0.6 is 15.9 Å². The van der Waals surface area contributed by atoms with Crippen LogP contribution in [0.2, 0.25) is 0 Å². The van der Waals surface area contributed by atoms with E-state index in [2.05, 4.69) is 21.2 Å². The van der Waals surface area contributed by atoms with Crippen LogP contribution in [-0.2, 0) is 22.6 Å². The van der Waals surface area contributed by atoms with E-state index in [1.54, 1.807) is 12.1 Å². The Morgan fingerprint density at radius 3 is 2.30 bits per heavy atom. The third-order valence-corrected chi connectivity index (χ3v) is 3.68. The van der Waals surface area contributed by atoms with Crippen LogP contribution in [0.3, 0.4) is 0 Å². The molecule has 0 saturated heterocycles. The number of hydrogen-bond donors (Lipinski definition) is 2. The maximum Gasteiger partial charge on any atom is 0.408 e. The Kier molecular flexibility index (Phi) is 6.17. The third-order valence-electron chi connectivity index (χ3n) is 3.16. The van der Waals surface area contributed by atoms with Gasteiger partial charge in [-0.15, -0.1) is 0 Å². The summed E-state index contributed by atoms with van der Waals surface area (Å²) in [5.41, 5.74) is 1.64. The fourth-order valence-electron chi connectivity index (χ4n) is 1.96. The van der Waals surface area contributed by atoms with Crippen LogP contribution in [0.15, 0.2) is 59.1 Å². The highest BCUT2D eigenvalue weighted by molar-refractivity contribution is 9.10. The molecule has 0 saturated carbocycles. The summed E-state index contributed by atoms with van der Waals surface area (Å²) in [7, 11) is 0. The number of hydrogen-bond acceptors (Lipinski definition) is 3. The predicted octanol–water partition coefficient (Wildman–Crippen LogP) is 3.37. The molecule has 0 aliphatic rings. The van der Waals surface area contributed by atoms with Gasteiger partial charge >= 0.3 is 12.1 Å². The first-order valence-corrected chi connectivity index (χ1v) is 7.78. The lowest BCUT2D eigenvalue weighted by atomic mass is 10.1. The lowest BCUT2D eigenvalue weighted by Crippen LogP contribution is -2.42. The van der Waals surface area contributed by atoms with Gasteiger partial charge in [0.2, 0.25) is 0 Å². The van der Waals surface area contributed by atoms with Crippen LogP contribution in [0.5, 0.6) is 0 Å². The van der Waals surface area contributed by atoms with Gasteiger partial charge in [0.1, 0.15) is 12.6 Å². The highest BCUT2D eigenvalue weighted by atomic mass is 79.9. The molecule has 2 aromatic rings.